The molecule has 0 radical (unpaired) electrons. The summed E-state index contributed by atoms with van der Waals surface area (Å²) in [5.74, 6) is -0.00824. The zero-order valence-corrected chi connectivity index (χ0v) is 9.29. The summed E-state index contributed by atoms with van der Waals surface area (Å²) in [6.45, 7) is 1.64. The number of carbonyl (C=O) groups is 1. The van der Waals surface area contributed by atoms with E-state index in [1.54, 1.807) is 17.2 Å². The van der Waals surface area contributed by atoms with Crippen molar-refractivity contribution in [2.75, 3.05) is 13.1 Å². The summed E-state index contributed by atoms with van der Waals surface area (Å²) < 4.78 is 0. The van der Waals surface area contributed by atoms with Gasteiger partial charge in [0, 0.05) is 18.5 Å². The SMILES string of the molecule is O=C(c1c(Cl)ccc2cn[nH]c12)N1CCC1. The molecule has 1 aromatic carbocycles. The molecule has 0 aliphatic carbocycles. The number of H-pyrrole nitrogens is 1. The van der Waals surface area contributed by atoms with Gasteiger partial charge < -0.3 is 4.90 Å². The molecule has 3 rings (SSSR count). The van der Waals surface area contributed by atoms with Crippen LogP contribution in [0.4, 0.5) is 0 Å². The molecule has 2 heterocycles. The van der Waals surface area contributed by atoms with Crippen molar-refractivity contribution in [1.82, 2.24) is 15.1 Å². The molecule has 1 aromatic heterocycles. The molecule has 1 amide bonds. The fraction of sp³-hybridized carbons (Fsp3) is 0.273. The number of aromatic amines is 1. The standard InChI is InChI=1S/C11H10ClN3O/c12-8-3-2-7-6-13-14-10(7)9(8)11(16)15-4-1-5-15/h2-3,6H,1,4-5H2,(H,13,14). The van der Waals surface area contributed by atoms with Gasteiger partial charge in [0.05, 0.1) is 22.3 Å². The summed E-state index contributed by atoms with van der Waals surface area (Å²) in [7, 11) is 0. The molecule has 2 aromatic rings. The van der Waals surface area contributed by atoms with Crippen LogP contribution in [-0.4, -0.2) is 34.1 Å². The number of likely N-dealkylation sites (tertiary alicyclic amines) is 1. The van der Waals surface area contributed by atoms with Crippen molar-refractivity contribution in [3.8, 4) is 0 Å². The van der Waals surface area contributed by atoms with Crippen LogP contribution in [0.25, 0.3) is 10.9 Å². The van der Waals surface area contributed by atoms with Gasteiger partial charge in [-0.1, -0.05) is 11.6 Å². The summed E-state index contributed by atoms with van der Waals surface area (Å²) in [5.41, 5.74) is 1.26. The highest BCUT2D eigenvalue weighted by molar-refractivity contribution is 6.35. The summed E-state index contributed by atoms with van der Waals surface area (Å²) in [6.07, 6.45) is 2.76. The molecule has 0 atom stereocenters. The maximum Gasteiger partial charge on any atom is 0.257 e. The third-order valence-electron chi connectivity index (χ3n) is 2.92. The minimum atomic E-state index is -0.00824. The van der Waals surface area contributed by atoms with Crippen LogP contribution in [0.5, 0.6) is 0 Å². The smallest absolute Gasteiger partial charge is 0.257 e. The van der Waals surface area contributed by atoms with Crippen molar-refractivity contribution in [1.29, 1.82) is 0 Å². The van der Waals surface area contributed by atoms with E-state index >= 15 is 0 Å². The zero-order valence-electron chi connectivity index (χ0n) is 8.53. The zero-order chi connectivity index (χ0) is 11.1. The van der Waals surface area contributed by atoms with E-state index in [9.17, 15) is 4.79 Å². The lowest BCUT2D eigenvalue weighted by Gasteiger charge is -2.31. The third-order valence-corrected chi connectivity index (χ3v) is 3.24. The number of aromatic nitrogens is 2. The Hall–Kier alpha value is -1.55. The molecular weight excluding hydrogens is 226 g/mol. The Balaban J connectivity index is 2.16. The van der Waals surface area contributed by atoms with Gasteiger partial charge in [0.25, 0.3) is 5.91 Å². The van der Waals surface area contributed by atoms with Crippen molar-refractivity contribution in [2.45, 2.75) is 6.42 Å². The highest BCUT2D eigenvalue weighted by atomic mass is 35.5. The number of carbonyl (C=O) groups excluding carboxylic acids is 1. The van der Waals surface area contributed by atoms with Gasteiger partial charge in [0.15, 0.2) is 0 Å². The molecule has 1 fully saturated rings. The van der Waals surface area contributed by atoms with Gasteiger partial charge in [-0.15, -0.1) is 0 Å². The van der Waals surface area contributed by atoms with Crippen molar-refractivity contribution in [3.63, 3.8) is 0 Å². The first-order valence-corrected chi connectivity index (χ1v) is 5.56. The predicted molar refractivity (Wildman–Crippen MR) is 61.6 cm³/mol. The van der Waals surface area contributed by atoms with E-state index in [1.165, 1.54) is 0 Å². The first-order valence-electron chi connectivity index (χ1n) is 5.18. The van der Waals surface area contributed by atoms with Crippen LogP contribution >= 0.6 is 11.6 Å². The molecule has 1 N–H and O–H groups in total. The molecule has 0 bridgehead atoms. The van der Waals surface area contributed by atoms with Crippen molar-refractivity contribution in [3.05, 3.63) is 28.9 Å². The molecule has 1 saturated heterocycles. The summed E-state index contributed by atoms with van der Waals surface area (Å²) in [5, 5.41) is 8.16. The van der Waals surface area contributed by atoms with E-state index in [4.69, 9.17) is 11.6 Å². The van der Waals surface area contributed by atoms with Gasteiger partial charge in [-0.3, -0.25) is 9.89 Å². The van der Waals surface area contributed by atoms with Gasteiger partial charge in [0.2, 0.25) is 0 Å². The predicted octanol–water partition coefficient (Wildman–Crippen LogP) is 2.06. The van der Waals surface area contributed by atoms with Gasteiger partial charge in [-0.05, 0) is 18.6 Å². The number of hydrogen-bond acceptors (Lipinski definition) is 2. The minimum absolute atomic E-state index is 0.00824. The fourth-order valence-corrected chi connectivity index (χ4v) is 2.11. The van der Waals surface area contributed by atoms with Crippen molar-refractivity contribution in [2.24, 2.45) is 0 Å². The lowest BCUT2D eigenvalue weighted by Crippen LogP contribution is -2.42. The Morgan fingerprint density at radius 2 is 2.25 bits per heavy atom. The Morgan fingerprint density at radius 3 is 2.94 bits per heavy atom. The van der Waals surface area contributed by atoms with Crippen molar-refractivity contribution < 1.29 is 4.79 Å². The number of benzene rings is 1. The summed E-state index contributed by atoms with van der Waals surface area (Å²) >= 11 is 6.08. The van der Waals surface area contributed by atoms with E-state index < -0.39 is 0 Å². The van der Waals surface area contributed by atoms with Crippen LogP contribution in [0.2, 0.25) is 5.02 Å². The van der Waals surface area contributed by atoms with Gasteiger partial charge in [-0.2, -0.15) is 5.10 Å². The maximum atomic E-state index is 12.2. The molecule has 4 nitrogen and oxygen atoms in total. The number of fused-ring (bicyclic) bond motifs is 1. The molecule has 0 saturated carbocycles. The van der Waals surface area contributed by atoms with E-state index in [-0.39, 0.29) is 5.91 Å². The number of rotatable bonds is 1. The second-order valence-corrected chi connectivity index (χ2v) is 4.31. The average Bonchev–Trinajstić information content (AvgIpc) is 2.62. The number of nitrogens with one attached hydrogen (secondary N) is 1. The largest absolute Gasteiger partial charge is 0.338 e. The quantitative estimate of drug-likeness (QED) is 0.823. The lowest BCUT2D eigenvalue weighted by molar-refractivity contribution is 0.0654. The van der Waals surface area contributed by atoms with Gasteiger partial charge >= 0.3 is 0 Å². The Labute approximate surface area is 97.2 Å². The lowest BCUT2D eigenvalue weighted by atomic mass is 10.1. The highest BCUT2D eigenvalue weighted by Gasteiger charge is 2.25. The molecule has 1 aliphatic rings. The first-order chi connectivity index (χ1) is 7.77. The molecule has 0 spiro atoms. The number of hydrogen-bond donors (Lipinski definition) is 1. The van der Waals surface area contributed by atoms with E-state index in [0.29, 0.717) is 10.6 Å². The molecule has 0 unspecified atom stereocenters. The summed E-state index contributed by atoms with van der Waals surface area (Å²) in [4.78, 5) is 13.9. The van der Waals surface area contributed by atoms with Gasteiger partial charge in [-0.25, -0.2) is 0 Å². The topological polar surface area (TPSA) is 49.0 Å². The second-order valence-electron chi connectivity index (χ2n) is 3.90. The third kappa shape index (κ3) is 1.30. The molecule has 1 aliphatic heterocycles. The maximum absolute atomic E-state index is 12.2. The Morgan fingerprint density at radius 1 is 1.44 bits per heavy atom. The van der Waals surface area contributed by atoms with Crippen molar-refractivity contribution >= 4 is 28.4 Å². The van der Waals surface area contributed by atoms with Crippen LogP contribution in [-0.2, 0) is 0 Å². The summed E-state index contributed by atoms with van der Waals surface area (Å²) in [6, 6.07) is 3.60. The van der Waals surface area contributed by atoms with E-state index in [2.05, 4.69) is 10.2 Å². The number of halogens is 1. The average molecular weight is 236 g/mol. The van der Waals surface area contributed by atoms with Gasteiger partial charge in [0.1, 0.15) is 0 Å². The Kier molecular flexibility index (Phi) is 2.11. The minimum Gasteiger partial charge on any atom is -0.338 e. The monoisotopic (exact) mass is 235 g/mol. The van der Waals surface area contributed by atoms with Crippen LogP contribution in [0.1, 0.15) is 16.8 Å². The second kappa shape index (κ2) is 3.49. The normalized spacial score (nSPS) is 15.2. The number of nitrogens with zero attached hydrogens (tertiary/aromatic N) is 2. The van der Waals surface area contributed by atoms with E-state index in [1.807, 2.05) is 6.07 Å². The van der Waals surface area contributed by atoms with Crippen LogP contribution in [0.3, 0.4) is 0 Å². The molecular formula is C11H10ClN3O. The number of amides is 1. The first kappa shape index (κ1) is 9.66. The molecule has 16 heavy (non-hydrogen) atoms. The van der Waals surface area contributed by atoms with Crippen LogP contribution < -0.4 is 0 Å². The van der Waals surface area contributed by atoms with E-state index in [0.717, 1.165) is 30.4 Å². The fourth-order valence-electron chi connectivity index (χ4n) is 1.87. The highest BCUT2D eigenvalue weighted by Crippen LogP contribution is 2.27. The Bertz CT molecular complexity index is 559. The van der Waals surface area contributed by atoms with Crippen LogP contribution in [0.15, 0.2) is 18.3 Å². The van der Waals surface area contributed by atoms with Crippen LogP contribution in [0, 0.1) is 0 Å². The molecule has 82 valence electrons. The molecule has 5 heteroatoms.